The molecule has 116 valence electrons. The summed E-state index contributed by atoms with van der Waals surface area (Å²) < 4.78 is 5.35. The molecule has 1 fully saturated rings. The number of carbonyl (C=O) groups excluding carboxylic acids is 1. The van der Waals surface area contributed by atoms with E-state index < -0.39 is 11.6 Å². The van der Waals surface area contributed by atoms with Gasteiger partial charge in [-0.25, -0.2) is 4.79 Å². The summed E-state index contributed by atoms with van der Waals surface area (Å²) in [6.07, 6.45) is 1.53. The zero-order valence-electron chi connectivity index (χ0n) is 12.9. The van der Waals surface area contributed by atoms with Gasteiger partial charge in [0.25, 0.3) is 0 Å². The van der Waals surface area contributed by atoms with Gasteiger partial charge in [0.05, 0.1) is 6.54 Å². The number of hydrogen-bond acceptors (Lipinski definition) is 4. The molecule has 0 bridgehead atoms. The van der Waals surface area contributed by atoms with Crippen molar-refractivity contribution in [3.8, 4) is 0 Å². The maximum Gasteiger partial charge on any atom is 0.410 e. The van der Waals surface area contributed by atoms with Crippen LogP contribution in [0.2, 0.25) is 0 Å². The molecule has 6 nitrogen and oxygen atoms in total. The third kappa shape index (κ3) is 6.23. The lowest BCUT2D eigenvalue weighted by Gasteiger charge is -2.34. The topological polar surface area (TPSA) is 70.1 Å². The van der Waals surface area contributed by atoms with Gasteiger partial charge in [-0.1, -0.05) is 0 Å². The summed E-state index contributed by atoms with van der Waals surface area (Å²) in [5.74, 6) is -0.364. The Morgan fingerprint density at radius 2 is 1.85 bits per heavy atom. The lowest BCUT2D eigenvalue weighted by molar-refractivity contribution is -0.138. The van der Waals surface area contributed by atoms with E-state index in [1.807, 2.05) is 32.7 Å². The largest absolute Gasteiger partial charge is 0.480 e. The minimum Gasteiger partial charge on any atom is -0.480 e. The first kappa shape index (κ1) is 16.8. The number of ether oxygens (including phenoxy) is 1. The maximum absolute atomic E-state index is 11.9. The zero-order valence-corrected chi connectivity index (χ0v) is 12.9. The number of amides is 1. The van der Waals surface area contributed by atoms with Crippen LogP contribution >= 0.6 is 0 Å². The van der Waals surface area contributed by atoms with Crippen LogP contribution in [0.15, 0.2) is 0 Å². The second-order valence-corrected chi connectivity index (χ2v) is 6.50. The highest BCUT2D eigenvalue weighted by Crippen LogP contribution is 2.20. The second-order valence-electron chi connectivity index (χ2n) is 6.50. The fourth-order valence-electron chi connectivity index (χ4n) is 2.36. The first-order valence-electron chi connectivity index (χ1n) is 7.05. The molecule has 1 aliphatic rings. The molecule has 0 aromatic carbocycles. The summed E-state index contributed by atoms with van der Waals surface area (Å²) in [6, 6.07) is 0. The first-order valence-corrected chi connectivity index (χ1v) is 7.05. The van der Waals surface area contributed by atoms with Gasteiger partial charge in [0.1, 0.15) is 5.60 Å². The molecule has 20 heavy (non-hydrogen) atoms. The van der Waals surface area contributed by atoms with E-state index in [4.69, 9.17) is 9.84 Å². The van der Waals surface area contributed by atoms with Crippen LogP contribution in [0.3, 0.4) is 0 Å². The Labute approximate surface area is 120 Å². The molecule has 1 saturated heterocycles. The average Bonchev–Trinajstić information content (AvgIpc) is 2.26. The molecule has 0 atom stereocenters. The van der Waals surface area contributed by atoms with Gasteiger partial charge in [0, 0.05) is 19.6 Å². The van der Waals surface area contributed by atoms with Crippen LogP contribution in [0.25, 0.3) is 0 Å². The summed E-state index contributed by atoms with van der Waals surface area (Å²) in [7, 11) is 1.81. The van der Waals surface area contributed by atoms with Gasteiger partial charge >= 0.3 is 12.1 Å². The number of carboxylic acids is 1. The van der Waals surface area contributed by atoms with Gasteiger partial charge in [-0.05, 0) is 46.6 Å². The molecule has 6 heteroatoms. The highest BCUT2D eigenvalue weighted by Gasteiger charge is 2.27. The van der Waals surface area contributed by atoms with Crippen LogP contribution in [0.1, 0.15) is 33.6 Å². The Bertz CT molecular complexity index is 344. The standard InChI is InChI=1S/C14H26N2O4/c1-14(2,3)20-13(19)16-7-5-11(6-8-16)9-15(4)10-12(17)18/h11H,5-10H2,1-4H3,(H,17,18). The van der Waals surface area contributed by atoms with E-state index in [0.717, 1.165) is 19.4 Å². The van der Waals surface area contributed by atoms with Crippen LogP contribution in [-0.2, 0) is 9.53 Å². The number of nitrogens with zero attached hydrogens (tertiary/aromatic N) is 2. The van der Waals surface area contributed by atoms with Crippen LogP contribution in [-0.4, -0.2) is 65.8 Å². The average molecular weight is 286 g/mol. The Hall–Kier alpha value is -1.30. The summed E-state index contributed by atoms with van der Waals surface area (Å²) in [5.41, 5.74) is -0.463. The van der Waals surface area contributed by atoms with Crippen molar-refractivity contribution in [2.75, 3.05) is 33.2 Å². The molecule has 1 heterocycles. The normalized spacial score (nSPS) is 17.4. The third-order valence-corrected chi connectivity index (χ3v) is 3.24. The van der Waals surface area contributed by atoms with Crippen LogP contribution in [0, 0.1) is 5.92 Å². The van der Waals surface area contributed by atoms with Crippen LogP contribution in [0.4, 0.5) is 4.79 Å². The second kappa shape index (κ2) is 6.92. The predicted octanol–water partition coefficient (Wildman–Crippen LogP) is 1.65. The zero-order chi connectivity index (χ0) is 15.3. The number of aliphatic carboxylic acids is 1. The number of piperidine rings is 1. The van der Waals surface area contributed by atoms with E-state index in [-0.39, 0.29) is 12.6 Å². The molecular formula is C14H26N2O4. The molecule has 1 N–H and O–H groups in total. The van der Waals surface area contributed by atoms with E-state index in [0.29, 0.717) is 19.0 Å². The van der Waals surface area contributed by atoms with Gasteiger partial charge in [0.15, 0.2) is 0 Å². The molecule has 1 aliphatic heterocycles. The number of hydrogen-bond donors (Lipinski definition) is 1. The van der Waals surface area contributed by atoms with Crippen LogP contribution < -0.4 is 0 Å². The van der Waals surface area contributed by atoms with Gasteiger partial charge < -0.3 is 14.7 Å². The van der Waals surface area contributed by atoms with E-state index in [9.17, 15) is 9.59 Å². The van der Waals surface area contributed by atoms with Crippen molar-refractivity contribution < 1.29 is 19.4 Å². The monoisotopic (exact) mass is 286 g/mol. The Morgan fingerprint density at radius 3 is 2.30 bits per heavy atom. The van der Waals surface area contributed by atoms with E-state index >= 15 is 0 Å². The molecule has 0 radical (unpaired) electrons. The van der Waals surface area contributed by atoms with Crippen LogP contribution in [0.5, 0.6) is 0 Å². The molecular weight excluding hydrogens is 260 g/mol. The smallest absolute Gasteiger partial charge is 0.410 e. The number of carboxylic acid groups (broad SMARTS) is 1. The lowest BCUT2D eigenvalue weighted by Crippen LogP contribution is -2.43. The highest BCUT2D eigenvalue weighted by atomic mass is 16.6. The van der Waals surface area contributed by atoms with Crippen molar-refractivity contribution in [3.63, 3.8) is 0 Å². The number of likely N-dealkylation sites (N-methyl/N-ethyl adjacent to an activating group) is 1. The summed E-state index contributed by atoms with van der Waals surface area (Å²) in [5, 5.41) is 8.73. The third-order valence-electron chi connectivity index (χ3n) is 3.24. The van der Waals surface area contributed by atoms with Crippen molar-refractivity contribution in [2.45, 2.75) is 39.2 Å². The van der Waals surface area contributed by atoms with Crippen molar-refractivity contribution >= 4 is 12.1 Å². The minimum absolute atomic E-state index is 0.0618. The molecule has 0 saturated carbocycles. The SMILES string of the molecule is CN(CC(=O)O)CC1CCN(C(=O)OC(C)(C)C)CC1. The first-order chi connectivity index (χ1) is 9.17. The summed E-state index contributed by atoms with van der Waals surface area (Å²) in [4.78, 5) is 26.1. The summed E-state index contributed by atoms with van der Waals surface area (Å²) in [6.45, 7) is 7.76. The van der Waals surface area contributed by atoms with Crippen molar-refractivity contribution in [1.29, 1.82) is 0 Å². The van der Waals surface area contributed by atoms with E-state index in [2.05, 4.69) is 0 Å². The van der Waals surface area contributed by atoms with Crippen molar-refractivity contribution in [2.24, 2.45) is 5.92 Å². The molecule has 1 amide bonds. The van der Waals surface area contributed by atoms with E-state index in [1.165, 1.54) is 0 Å². The fourth-order valence-corrected chi connectivity index (χ4v) is 2.36. The van der Waals surface area contributed by atoms with Gasteiger partial charge in [-0.2, -0.15) is 0 Å². The Morgan fingerprint density at radius 1 is 1.30 bits per heavy atom. The van der Waals surface area contributed by atoms with Crippen molar-refractivity contribution in [1.82, 2.24) is 9.80 Å². The van der Waals surface area contributed by atoms with Gasteiger partial charge in [-0.15, -0.1) is 0 Å². The minimum atomic E-state index is -0.807. The highest BCUT2D eigenvalue weighted by molar-refractivity contribution is 5.69. The number of likely N-dealkylation sites (tertiary alicyclic amines) is 1. The van der Waals surface area contributed by atoms with E-state index in [1.54, 1.807) is 4.90 Å². The quantitative estimate of drug-likeness (QED) is 0.851. The lowest BCUT2D eigenvalue weighted by atomic mass is 9.96. The molecule has 0 aliphatic carbocycles. The molecule has 0 aromatic rings. The Kier molecular flexibility index (Phi) is 5.80. The molecule has 1 rings (SSSR count). The van der Waals surface area contributed by atoms with Gasteiger partial charge in [0.2, 0.25) is 0 Å². The molecule has 0 aromatic heterocycles. The summed E-state index contributed by atoms with van der Waals surface area (Å²) >= 11 is 0. The predicted molar refractivity (Wildman–Crippen MR) is 75.7 cm³/mol. The molecule has 0 unspecified atom stereocenters. The fraction of sp³-hybridized carbons (Fsp3) is 0.857. The van der Waals surface area contributed by atoms with Crippen molar-refractivity contribution in [3.05, 3.63) is 0 Å². The number of rotatable bonds is 4. The van der Waals surface area contributed by atoms with Gasteiger partial charge in [-0.3, -0.25) is 9.69 Å². The number of carbonyl (C=O) groups is 2. The molecule has 0 spiro atoms. The Balaban J connectivity index is 2.33. The maximum atomic E-state index is 11.9.